The predicted octanol–water partition coefficient (Wildman–Crippen LogP) is -1.53. The Labute approximate surface area is 611 Å². The molecule has 4 bridgehead atoms. The van der Waals surface area contributed by atoms with Gasteiger partial charge in [-0.05, 0) is 87.0 Å². The molecule has 2 aromatic carbocycles. The van der Waals surface area contributed by atoms with Crippen molar-refractivity contribution in [3.8, 4) is 5.75 Å². The van der Waals surface area contributed by atoms with Crippen LogP contribution < -0.4 is 58.5 Å². The molecule has 0 unspecified atom stereocenters. The quantitative estimate of drug-likeness (QED) is 0.0338. The van der Waals surface area contributed by atoms with Crippen molar-refractivity contribution in [2.24, 2.45) is 17.8 Å². The van der Waals surface area contributed by atoms with Crippen molar-refractivity contribution in [3.63, 3.8) is 0 Å². The van der Waals surface area contributed by atoms with Crippen LogP contribution in [-0.4, -0.2) is 228 Å². The van der Waals surface area contributed by atoms with Gasteiger partial charge in [0.25, 0.3) is 5.56 Å². The van der Waals surface area contributed by atoms with Crippen molar-refractivity contribution in [1.29, 1.82) is 0 Å². The van der Waals surface area contributed by atoms with Gasteiger partial charge in [-0.2, -0.15) is 11.8 Å². The van der Waals surface area contributed by atoms with Gasteiger partial charge >= 0.3 is 17.6 Å². The number of aliphatic hydroxyl groups excluding tert-OH is 4. The van der Waals surface area contributed by atoms with Crippen LogP contribution in [0.25, 0.3) is 0 Å². The Hall–Kier alpha value is -9.06. The van der Waals surface area contributed by atoms with Gasteiger partial charge in [0.2, 0.25) is 53.2 Å². The Morgan fingerprint density at radius 1 is 0.752 bits per heavy atom. The van der Waals surface area contributed by atoms with Crippen LogP contribution in [0.4, 0.5) is 0 Å². The summed E-state index contributed by atoms with van der Waals surface area (Å²) >= 11 is 1.34. The number of thioether (sulfide) groups is 1. The minimum absolute atomic E-state index is 0.0272. The molecule has 2 saturated heterocycles. The van der Waals surface area contributed by atoms with E-state index in [1.807, 2.05) is 4.98 Å². The number of ether oxygens (including phenoxy) is 4. The third-order valence-corrected chi connectivity index (χ3v) is 19.8. The minimum atomic E-state index is -2.02. The minimum Gasteiger partial charge on any atom is -0.487 e. The summed E-state index contributed by atoms with van der Waals surface area (Å²) < 4.78 is 24.1. The zero-order valence-corrected chi connectivity index (χ0v) is 61.2. The number of rotatable bonds is 25. The Bertz CT molecular complexity index is 3640. The molecule has 4 aliphatic rings. The van der Waals surface area contributed by atoms with E-state index in [4.69, 9.17) is 18.9 Å². The Kier molecular flexibility index (Phi) is 32.7. The summed E-state index contributed by atoms with van der Waals surface area (Å²) in [5.74, 6) is -11.9. The van der Waals surface area contributed by atoms with Crippen LogP contribution in [0.1, 0.15) is 130 Å². The summed E-state index contributed by atoms with van der Waals surface area (Å²) in [6.45, 7) is 10.3. The van der Waals surface area contributed by atoms with Crippen molar-refractivity contribution in [2.45, 2.75) is 204 Å². The van der Waals surface area contributed by atoms with Crippen LogP contribution in [0.2, 0.25) is 0 Å². The molecule has 578 valence electrons. The molecule has 9 amide bonds. The monoisotopic (exact) mass is 1490 g/mol. The molecule has 7 rings (SSSR count). The predicted molar refractivity (Wildman–Crippen MR) is 380 cm³/mol. The van der Waals surface area contributed by atoms with E-state index >= 15 is 9.59 Å². The van der Waals surface area contributed by atoms with E-state index in [2.05, 4.69) is 42.5 Å². The average Bonchev–Trinajstić information content (AvgIpc) is 1.76. The van der Waals surface area contributed by atoms with Crippen LogP contribution in [0.3, 0.4) is 0 Å². The van der Waals surface area contributed by atoms with Gasteiger partial charge in [-0.25, -0.2) is 9.59 Å². The number of amides is 9. The van der Waals surface area contributed by atoms with Crippen LogP contribution in [0.15, 0.2) is 88.6 Å². The molecule has 14 N–H and O–H groups in total. The number of nitrogens with one attached hydrogen (secondary N) is 9. The maximum Gasteiger partial charge on any atom is 0.332 e. The van der Waals surface area contributed by atoms with Crippen molar-refractivity contribution in [3.05, 3.63) is 111 Å². The summed E-state index contributed by atoms with van der Waals surface area (Å²) in [5.41, 5.74) is -2.79. The summed E-state index contributed by atoms with van der Waals surface area (Å²) in [4.78, 5) is 182. The lowest BCUT2D eigenvalue weighted by atomic mass is 9.93. The van der Waals surface area contributed by atoms with Crippen LogP contribution >= 0.6 is 11.8 Å². The first-order chi connectivity index (χ1) is 49.7. The second-order valence-electron chi connectivity index (χ2n) is 27.0. The molecule has 2 fully saturated rings. The molecule has 34 heteroatoms. The summed E-state index contributed by atoms with van der Waals surface area (Å²) in [7, 11) is 1.29. The van der Waals surface area contributed by atoms with Gasteiger partial charge in [-0.1, -0.05) is 96.3 Å². The molecule has 0 saturated carbocycles. The molecule has 0 spiro atoms. The van der Waals surface area contributed by atoms with E-state index in [1.165, 1.54) is 63.0 Å². The van der Waals surface area contributed by atoms with E-state index in [0.717, 1.165) is 41.2 Å². The second kappa shape index (κ2) is 40.4. The van der Waals surface area contributed by atoms with E-state index < -0.39 is 192 Å². The number of benzene rings is 2. The molecule has 4 aliphatic heterocycles. The Morgan fingerprint density at radius 3 is 2.07 bits per heavy atom. The lowest BCUT2D eigenvalue weighted by Crippen LogP contribution is -2.61. The van der Waals surface area contributed by atoms with Crippen molar-refractivity contribution < 1.29 is 97.2 Å². The van der Waals surface area contributed by atoms with Gasteiger partial charge in [0.15, 0.2) is 12.3 Å². The van der Waals surface area contributed by atoms with E-state index in [-0.39, 0.29) is 61.6 Å². The third-order valence-electron chi connectivity index (χ3n) is 18.6. The molecule has 17 atom stereocenters. The molecule has 0 aliphatic carbocycles. The standard InChI is InChI=1S/C71H101N11O22S/c1-10-39(4)55-64(94)80-58-45-23-25-46(26-24-45)103-43(8)71(100,37-105-32-17-12-11-16-30-72-50(84)21-18-22-51(85)73-34-49-60(90)61(91)68(104-49)82-31-28-53(87)76-70(82)99)29-27-52(86)74-35-54(88)101-36-47(69(98)102-42(7)57(66(96)77-55)79-62(92)40(5)59(89)38(2)3)75-65(95)56(41(6)83)78-63(93)48(81(9)67(58)97)33-44-19-14-13-15-20-44/h13-15,19-20,23-29,31,38-43,47-49,55-61,68,83,89-91,100H,10-12,16-18,21-22,30,32-37H2,1-9H3,(H,72,84)(H,73,85)(H,74,86)(H,75,95)(H,77,96)(H,78,93)(H,79,92)(H,80,94)(H,76,87,99)/b29-27+/t39-,40+,41+,42+,43-,47-,48-,49+,55+,56+,57-,58-,59+,60+,61+,68+,71+/m0/s1. The third kappa shape index (κ3) is 24.8. The highest BCUT2D eigenvalue weighted by atomic mass is 32.2. The largest absolute Gasteiger partial charge is 0.487 e. The van der Waals surface area contributed by atoms with Gasteiger partial charge < -0.3 is 91.9 Å². The molecule has 105 heavy (non-hydrogen) atoms. The van der Waals surface area contributed by atoms with Gasteiger partial charge in [-0.3, -0.25) is 62.3 Å². The fraction of sp³-hybridized carbons (Fsp3) is 0.592. The number of hydrogen-bond acceptors (Lipinski definition) is 23. The number of H-pyrrole nitrogens is 1. The molecule has 33 nitrogen and oxygen atoms in total. The molecule has 5 heterocycles. The fourth-order valence-corrected chi connectivity index (χ4v) is 12.8. The first-order valence-electron chi connectivity index (χ1n) is 35.2. The molecule has 3 aromatic rings. The number of nitrogens with zero attached hydrogens (tertiary/aromatic N) is 2. The lowest BCUT2D eigenvalue weighted by Gasteiger charge is -2.34. The normalized spacial score (nSPS) is 27.0. The number of unbranched alkanes of at least 4 members (excludes halogenated alkanes) is 3. The van der Waals surface area contributed by atoms with Crippen LogP contribution in [0, 0.1) is 17.8 Å². The summed E-state index contributed by atoms with van der Waals surface area (Å²) in [6.07, 6.45) is -4.85. The number of carbonyl (C=O) groups is 11. The lowest BCUT2D eigenvalue weighted by molar-refractivity contribution is -0.160. The smallest absolute Gasteiger partial charge is 0.332 e. The van der Waals surface area contributed by atoms with E-state index in [1.54, 1.807) is 65.0 Å². The number of aromatic amines is 1. The molecular formula is C71H101N11O22S. The average molecular weight is 1490 g/mol. The number of esters is 2. The summed E-state index contributed by atoms with van der Waals surface area (Å²) in [6, 6.07) is 4.83. The van der Waals surface area contributed by atoms with E-state index in [0.29, 0.717) is 37.1 Å². The van der Waals surface area contributed by atoms with Gasteiger partial charge in [0.05, 0.1) is 18.1 Å². The number of hydrogen-bond donors (Lipinski definition) is 14. The highest BCUT2D eigenvalue weighted by Gasteiger charge is 2.46. The Balaban J connectivity index is 1.21. The first kappa shape index (κ1) is 84.9. The fourth-order valence-electron chi connectivity index (χ4n) is 11.6. The molecule has 0 radical (unpaired) electrons. The number of aliphatic hydroxyl groups is 5. The van der Waals surface area contributed by atoms with Crippen molar-refractivity contribution in [2.75, 3.05) is 44.8 Å². The topological polar surface area (TPSA) is 480 Å². The molecule has 1 aromatic heterocycles. The zero-order chi connectivity index (χ0) is 77.4. The highest BCUT2D eigenvalue weighted by molar-refractivity contribution is 7.99. The van der Waals surface area contributed by atoms with Crippen LogP contribution in [0.5, 0.6) is 5.75 Å². The Morgan fingerprint density at radius 2 is 1.41 bits per heavy atom. The zero-order valence-electron chi connectivity index (χ0n) is 60.4. The number of fused-ring (bicyclic) bond motifs is 11. The maximum absolute atomic E-state index is 15.5. The van der Waals surface area contributed by atoms with Crippen molar-refractivity contribution >= 4 is 76.9 Å². The van der Waals surface area contributed by atoms with E-state index in [9.17, 15) is 78.3 Å². The van der Waals surface area contributed by atoms with Gasteiger partial charge in [0, 0.05) is 63.5 Å². The van der Waals surface area contributed by atoms with Gasteiger partial charge in [0.1, 0.15) is 85.2 Å². The summed E-state index contributed by atoms with van der Waals surface area (Å²) in [5, 5.41) is 76.1. The van der Waals surface area contributed by atoms with Crippen molar-refractivity contribution in [1.82, 2.24) is 57.0 Å². The number of carbonyl (C=O) groups excluding carboxylic acids is 11. The SMILES string of the molecule is CC[C@H](C)[C@H]1NC(=O)[C@@H](NC(=O)[C@H](C)[C@H](O)C(C)C)[C@@H](C)OC(=O)[C@@H]2COC(=O)CNC(=O)/C=C/[C@@](O)(CSCCCCCCNC(=O)CCCC(=O)NC[C@H]3O[C@@H](n4ccc(=O)[nH]c4=O)[C@H](O)[C@@H]3O)[C@H](C)Oc3ccc(cc3)[C@H](NC1=O)C(=O)N(C)[C@@H](Cc1ccccc1)C(=O)N[C@H]([C@@H](C)O)C(=O)N2. The maximum atomic E-state index is 15.5. The number of aromatic nitrogens is 2. The number of cyclic esters (lactones) is 1. The first-order valence-corrected chi connectivity index (χ1v) is 36.3. The van der Waals surface area contributed by atoms with Gasteiger partial charge in [-0.15, -0.1) is 0 Å². The molecular weight excluding hydrogens is 1390 g/mol. The number of likely N-dealkylation sites (N-methyl/N-ethyl adjacent to an activating group) is 1. The second-order valence-corrected chi connectivity index (χ2v) is 28.1. The highest BCUT2D eigenvalue weighted by Crippen LogP contribution is 2.30. The van der Waals surface area contributed by atoms with Crippen LogP contribution in [-0.2, 0) is 73.4 Å².